The highest BCUT2D eigenvalue weighted by Gasteiger charge is 2.45. The van der Waals surface area contributed by atoms with Gasteiger partial charge >= 0.3 is 0 Å². The van der Waals surface area contributed by atoms with E-state index in [0.717, 1.165) is 24.2 Å². The quantitative estimate of drug-likeness (QED) is 0.621. The second kappa shape index (κ2) is 4.30. The molecule has 16 heavy (non-hydrogen) atoms. The van der Waals surface area contributed by atoms with Crippen molar-refractivity contribution in [2.24, 2.45) is 0 Å². The standard InChI is InChI=1S/C14H26N2/c1-15-11-7-3-5-9-13(11)16(2)14-10-6-4-8-12(14)15/h11-14H,3-10H2,1-2H3/t11-,12+,13+,14-. The van der Waals surface area contributed by atoms with Crippen molar-refractivity contribution in [2.45, 2.75) is 75.5 Å². The van der Waals surface area contributed by atoms with E-state index in [1.165, 1.54) is 51.4 Å². The van der Waals surface area contributed by atoms with Crippen LogP contribution in [-0.4, -0.2) is 48.1 Å². The third-order valence-electron chi connectivity index (χ3n) is 5.48. The van der Waals surface area contributed by atoms with Gasteiger partial charge in [0, 0.05) is 24.2 Å². The van der Waals surface area contributed by atoms with Crippen LogP contribution in [0.4, 0.5) is 0 Å². The average molecular weight is 222 g/mol. The van der Waals surface area contributed by atoms with E-state index in [1.54, 1.807) is 0 Å². The highest BCUT2D eigenvalue weighted by molar-refractivity contribution is 5.02. The van der Waals surface area contributed by atoms with Crippen LogP contribution in [0.2, 0.25) is 0 Å². The van der Waals surface area contributed by atoms with E-state index in [0.29, 0.717) is 0 Å². The predicted octanol–water partition coefficient (Wildman–Crippen LogP) is 2.49. The van der Waals surface area contributed by atoms with Crippen molar-refractivity contribution in [3.63, 3.8) is 0 Å². The van der Waals surface area contributed by atoms with Crippen LogP contribution in [0.1, 0.15) is 51.4 Å². The van der Waals surface area contributed by atoms with E-state index in [-0.39, 0.29) is 0 Å². The molecule has 3 fully saturated rings. The average Bonchev–Trinajstić information content (AvgIpc) is 2.36. The summed E-state index contributed by atoms with van der Waals surface area (Å²) < 4.78 is 0. The Labute approximate surface area is 100.0 Å². The topological polar surface area (TPSA) is 6.48 Å². The number of piperazine rings is 1. The minimum atomic E-state index is 0.859. The molecule has 4 atom stereocenters. The minimum absolute atomic E-state index is 0.859. The Balaban J connectivity index is 1.83. The number of fused-ring (bicyclic) bond motifs is 2. The molecule has 0 amide bonds. The Bertz CT molecular complexity index is 203. The van der Waals surface area contributed by atoms with Gasteiger partial charge in [-0.05, 0) is 39.8 Å². The first-order valence-electron chi connectivity index (χ1n) is 7.23. The summed E-state index contributed by atoms with van der Waals surface area (Å²) in [7, 11) is 4.80. The second-order valence-electron chi connectivity index (χ2n) is 6.17. The molecule has 2 nitrogen and oxygen atoms in total. The molecule has 1 saturated heterocycles. The van der Waals surface area contributed by atoms with Gasteiger partial charge in [0.05, 0.1) is 0 Å². The van der Waals surface area contributed by atoms with E-state index >= 15 is 0 Å². The highest BCUT2D eigenvalue weighted by Crippen LogP contribution is 2.38. The van der Waals surface area contributed by atoms with Crippen LogP contribution >= 0.6 is 0 Å². The van der Waals surface area contributed by atoms with Gasteiger partial charge in [-0.25, -0.2) is 0 Å². The summed E-state index contributed by atoms with van der Waals surface area (Å²) >= 11 is 0. The molecule has 92 valence electrons. The number of hydrogen-bond donors (Lipinski definition) is 0. The molecular weight excluding hydrogens is 196 g/mol. The van der Waals surface area contributed by atoms with E-state index in [4.69, 9.17) is 0 Å². The van der Waals surface area contributed by atoms with Gasteiger partial charge in [0.2, 0.25) is 0 Å². The maximum absolute atomic E-state index is 2.76. The molecule has 0 aromatic heterocycles. The van der Waals surface area contributed by atoms with Gasteiger partial charge in [0.15, 0.2) is 0 Å². The largest absolute Gasteiger partial charge is 0.297 e. The lowest BCUT2D eigenvalue weighted by atomic mass is 9.78. The Morgan fingerprint density at radius 2 is 0.812 bits per heavy atom. The van der Waals surface area contributed by atoms with Gasteiger partial charge in [-0.15, -0.1) is 0 Å². The fourth-order valence-corrected chi connectivity index (χ4v) is 4.58. The Hall–Kier alpha value is -0.0800. The van der Waals surface area contributed by atoms with Crippen LogP contribution in [0.15, 0.2) is 0 Å². The monoisotopic (exact) mass is 222 g/mol. The molecular formula is C14H26N2. The van der Waals surface area contributed by atoms with Gasteiger partial charge in [-0.3, -0.25) is 9.80 Å². The van der Waals surface area contributed by atoms with Crippen LogP contribution in [0, 0.1) is 0 Å². The normalized spacial score (nSPS) is 46.1. The minimum Gasteiger partial charge on any atom is -0.297 e. The first-order valence-corrected chi connectivity index (χ1v) is 7.23. The second-order valence-corrected chi connectivity index (χ2v) is 6.17. The van der Waals surface area contributed by atoms with Crippen LogP contribution in [0.3, 0.4) is 0 Å². The molecule has 0 aromatic rings. The van der Waals surface area contributed by atoms with Crippen molar-refractivity contribution in [1.29, 1.82) is 0 Å². The van der Waals surface area contributed by atoms with Gasteiger partial charge < -0.3 is 0 Å². The molecule has 0 radical (unpaired) electrons. The summed E-state index contributed by atoms with van der Waals surface area (Å²) in [6.45, 7) is 0. The van der Waals surface area contributed by atoms with Gasteiger partial charge in [0.1, 0.15) is 0 Å². The maximum Gasteiger partial charge on any atom is 0.0252 e. The fourth-order valence-electron chi connectivity index (χ4n) is 4.58. The summed E-state index contributed by atoms with van der Waals surface area (Å²) in [6.07, 6.45) is 11.6. The van der Waals surface area contributed by atoms with Gasteiger partial charge in [-0.1, -0.05) is 25.7 Å². The molecule has 3 aliphatic rings. The van der Waals surface area contributed by atoms with Crippen molar-refractivity contribution in [3.8, 4) is 0 Å². The van der Waals surface area contributed by atoms with E-state index < -0.39 is 0 Å². The zero-order chi connectivity index (χ0) is 11.1. The highest BCUT2D eigenvalue weighted by atomic mass is 15.3. The Morgan fingerprint density at radius 1 is 0.562 bits per heavy atom. The van der Waals surface area contributed by atoms with E-state index in [2.05, 4.69) is 23.9 Å². The number of likely N-dealkylation sites (N-methyl/N-ethyl adjacent to an activating group) is 2. The van der Waals surface area contributed by atoms with Crippen LogP contribution in [0.25, 0.3) is 0 Å². The zero-order valence-electron chi connectivity index (χ0n) is 10.9. The van der Waals surface area contributed by atoms with Crippen molar-refractivity contribution in [3.05, 3.63) is 0 Å². The van der Waals surface area contributed by atoms with E-state index in [9.17, 15) is 0 Å². The van der Waals surface area contributed by atoms with Crippen LogP contribution < -0.4 is 0 Å². The SMILES string of the molecule is CN1[C@@H]2CCCC[C@@H]2N(C)[C@@H]2CCCC[C@@H]21. The Kier molecular flexibility index (Phi) is 2.97. The molecule has 0 bridgehead atoms. The number of hydrogen-bond acceptors (Lipinski definition) is 2. The molecule has 0 spiro atoms. The lowest BCUT2D eigenvalue weighted by Gasteiger charge is -2.57. The number of nitrogens with zero attached hydrogens (tertiary/aromatic N) is 2. The molecule has 0 N–H and O–H groups in total. The molecule has 2 saturated carbocycles. The van der Waals surface area contributed by atoms with Crippen molar-refractivity contribution < 1.29 is 0 Å². The Morgan fingerprint density at radius 3 is 1.06 bits per heavy atom. The van der Waals surface area contributed by atoms with Crippen molar-refractivity contribution >= 4 is 0 Å². The summed E-state index contributed by atoms with van der Waals surface area (Å²) in [5.74, 6) is 0. The zero-order valence-corrected chi connectivity index (χ0v) is 10.9. The molecule has 2 aliphatic carbocycles. The molecule has 1 aliphatic heterocycles. The first kappa shape index (κ1) is 11.0. The number of rotatable bonds is 0. The third kappa shape index (κ3) is 1.62. The van der Waals surface area contributed by atoms with Crippen LogP contribution in [-0.2, 0) is 0 Å². The first-order chi connectivity index (χ1) is 7.79. The van der Waals surface area contributed by atoms with Crippen LogP contribution in [0.5, 0.6) is 0 Å². The maximum atomic E-state index is 2.76. The predicted molar refractivity (Wildman–Crippen MR) is 67.6 cm³/mol. The molecule has 0 aromatic carbocycles. The lowest BCUT2D eigenvalue weighted by Crippen LogP contribution is -2.67. The lowest BCUT2D eigenvalue weighted by molar-refractivity contribution is -0.0692. The van der Waals surface area contributed by atoms with E-state index in [1.807, 2.05) is 0 Å². The fraction of sp³-hybridized carbons (Fsp3) is 1.00. The molecule has 1 heterocycles. The van der Waals surface area contributed by atoms with Crippen molar-refractivity contribution in [2.75, 3.05) is 14.1 Å². The summed E-state index contributed by atoms with van der Waals surface area (Å²) in [6, 6.07) is 3.44. The summed E-state index contributed by atoms with van der Waals surface area (Å²) in [5, 5.41) is 0. The molecule has 0 unspecified atom stereocenters. The summed E-state index contributed by atoms with van der Waals surface area (Å²) in [4.78, 5) is 5.52. The van der Waals surface area contributed by atoms with Crippen molar-refractivity contribution in [1.82, 2.24) is 9.80 Å². The smallest absolute Gasteiger partial charge is 0.0252 e. The summed E-state index contributed by atoms with van der Waals surface area (Å²) in [5.41, 5.74) is 0. The third-order valence-corrected chi connectivity index (χ3v) is 5.48. The molecule has 2 heteroatoms. The van der Waals surface area contributed by atoms with Gasteiger partial charge in [-0.2, -0.15) is 0 Å². The van der Waals surface area contributed by atoms with Gasteiger partial charge in [0.25, 0.3) is 0 Å². The molecule has 3 rings (SSSR count).